The molecule has 0 amide bonds. The fourth-order valence-corrected chi connectivity index (χ4v) is 1.20. The Balaban J connectivity index is 2.00. The summed E-state index contributed by atoms with van der Waals surface area (Å²) in [4.78, 5) is 0. The van der Waals surface area contributed by atoms with Crippen LogP contribution in [0.4, 0.5) is 0 Å². The maximum Gasteiger partial charge on any atom is 0.0113 e. The number of rotatable bonds is 0. The topological polar surface area (TPSA) is 60.1 Å². The van der Waals surface area contributed by atoms with Crippen molar-refractivity contribution in [3.05, 3.63) is 0 Å². The quantitative estimate of drug-likeness (QED) is 0.344. The average Bonchev–Trinajstić information content (AvgIpc) is 2.05. The smallest absolute Gasteiger partial charge is 0.0113 e. The highest BCUT2D eigenvalue weighted by Gasteiger charge is 1.92. The molecular weight excluding hydrogens is 154 g/mol. The van der Waals surface area contributed by atoms with Gasteiger partial charge in [-0.2, -0.15) is 16.6 Å². The third-order valence-electron chi connectivity index (χ3n) is 1.91. The first-order valence-electron chi connectivity index (χ1n) is 4.71. The van der Waals surface area contributed by atoms with Crippen molar-refractivity contribution in [2.45, 2.75) is 32.1 Å². The van der Waals surface area contributed by atoms with Crippen LogP contribution in [0.25, 0.3) is 0 Å². The molecule has 1 aliphatic rings. The molecule has 0 aromatic heterocycles. The van der Waals surface area contributed by atoms with E-state index in [0.717, 1.165) is 13.1 Å². The number of hydrogen-bond donors (Lipinski definition) is 5. The number of hydrogen-bond acceptors (Lipinski definition) is 5. The zero-order valence-corrected chi connectivity index (χ0v) is 7.45. The molecule has 1 fully saturated rings. The maximum absolute atomic E-state index is 3.04. The van der Waals surface area contributed by atoms with Crippen LogP contribution in [-0.2, 0) is 0 Å². The molecule has 5 N–H and O–H groups in total. The first-order chi connectivity index (χ1) is 6.00. The van der Waals surface area contributed by atoms with Crippen LogP contribution < -0.4 is 27.5 Å². The lowest BCUT2D eigenvalue weighted by molar-refractivity contribution is 0.316. The van der Waals surface area contributed by atoms with Crippen LogP contribution >= 0.6 is 0 Å². The van der Waals surface area contributed by atoms with E-state index in [4.69, 9.17) is 0 Å². The van der Waals surface area contributed by atoms with Gasteiger partial charge in [-0.3, -0.25) is 0 Å². The molecule has 72 valence electrons. The zero-order chi connectivity index (χ0) is 8.49. The summed E-state index contributed by atoms with van der Waals surface area (Å²) in [5, 5.41) is 0. The summed E-state index contributed by atoms with van der Waals surface area (Å²) in [5.41, 5.74) is 14.5. The van der Waals surface area contributed by atoms with Crippen molar-refractivity contribution in [3.63, 3.8) is 0 Å². The Labute approximate surface area is 73.6 Å². The largest absolute Gasteiger partial charge is 0.243 e. The minimum Gasteiger partial charge on any atom is -0.243 e. The van der Waals surface area contributed by atoms with Crippen LogP contribution in [0.1, 0.15) is 32.1 Å². The van der Waals surface area contributed by atoms with Crippen molar-refractivity contribution in [1.29, 1.82) is 0 Å². The van der Waals surface area contributed by atoms with Crippen molar-refractivity contribution in [1.82, 2.24) is 27.5 Å². The van der Waals surface area contributed by atoms with E-state index in [1.54, 1.807) is 0 Å². The van der Waals surface area contributed by atoms with Gasteiger partial charge in [0.1, 0.15) is 0 Å². The molecule has 1 heterocycles. The monoisotopic (exact) mass is 173 g/mol. The fourth-order valence-electron chi connectivity index (χ4n) is 1.20. The molecule has 5 heteroatoms. The Morgan fingerprint density at radius 1 is 0.500 bits per heavy atom. The van der Waals surface area contributed by atoms with E-state index in [1.807, 2.05) is 0 Å². The van der Waals surface area contributed by atoms with Crippen molar-refractivity contribution >= 4 is 0 Å². The molecule has 0 spiro atoms. The van der Waals surface area contributed by atoms with Gasteiger partial charge in [0.05, 0.1) is 0 Å². The highest BCUT2D eigenvalue weighted by Crippen LogP contribution is 2.01. The van der Waals surface area contributed by atoms with Gasteiger partial charge in [0.2, 0.25) is 0 Å². The van der Waals surface area contributed by atoms with Gasteiger partial charge in [-0.05, 0) is 12.8 Å². The molecule has 0 aromatic carbocycles. The lowest BCUT2D eigenvalue weighted by Crippen LogP contribution is -2.55. The molecule has 0 atom stereocenters. The second-order valence-electron chi connectivity index (χ2n) is 3.00. The predicted octanol–water partition coefficient (Wildman–Crippen LogP) is -0.441. The van der Waals surface area contributed by atoms with Crippen LogP contribution in [0.3, 0.4) is 0 Å². The van der Waals surface area contributed by atoms with Crippen LogP contribution in [0, 0.1) is 0 Å². The summed E-state index contributed by atoms with van der Waals surface area (Å²) in [6.07, 6.45) is 6.46. The first-order valence-corrected chi connectivity index (χ1v) is 4.71. The summed E-state index contributed by atoms with van der Waals surface area (Å²) < 4.78 is 0. The van der Waals surface area contributed by atoms with Crippen molar-refractivity contribution in [3.8, 4) is 0 Å². The Kier molecular flexibility index (Phi) is 6.14. The molecule has 1 rings (SSSR count). The molecule has 1 saturated heterocycles. The molecule has 0 aromatic rings. The van der Waals surface area contributed by atoms with Crippen LogP contribution in [-0.4, -0.2) is 13.1 Å². The summed E-state index contributed by atoms with van der Waals surface area (Å²) in [6.45, 7) is 2.02. The minimum atomic E-state index is 1.01. The van der Waals surface area contributed by atoms with Gasteiger partial charge in [0.25, 0.3) is 0 Å². The van der Waals surface area contributed by atoms with Crippen LogP contribution in [0.5, 0.6) is 0 Å². The Morgan fingerprint density at radius 3 is 1.58 bits per heavy atom. The number of nitrogens with one attached hydrogen (secondary N) is 5. The molecule has 0 radical (unpaired) electrons. The average molecular weight is 173 g/mol. The van der Waals surface area contributed by atoms with Gasteiger partial charge in [-0.1, -0.05) is 19.3 Å². The fraction of sp³-hybridized carbons (Fsp3) is 1.00. The third kappa shape index (κ3) is 5.45. The van der Waals surface area contributed by atoms with Crippen molar-refractivity contribution < 1.29 is 0 Å². The molecule has 5 nitrogen and oxygen atoms in total. The first kappa shape index (κ1) is 9.88. The van der Waals surface area contributed by atoms with Crippen molar-refractivity contribution in [2.75, 3.05) is 13.1 Å². The molecule has 0 aliphatic carbocycles. The summed E-state index contributed by atoms with van der Waals surface area (Å²) >= 11 is 0. The van der Waals surface area contributed by atoms with Crippen molar-refractivity contribution in [2.24, 2.45) is 0 Å². The second-order valence-corrected chi connectivity index (χ2v) is 3.00. The van der Waals surface area contributed by atoms with Crippen LogP contribution in [0.15, 0.2) is 0 Å². The molecule has 0 saturated carbocycles. The molecule has 1 aliphatic heterocycles. The van der Waals surface area contributed by atoms with Gasteiger partial charge < -0.3 is 0 Å². The lowest BCUT2D eigenvalue weighted by atomic mass is 10.1. The van der Waals surface area contributed by atoms with E-state index in [0.29, 0.717) is 0 Å². The molecule has 0 bridgehead atoms. The zero-order valence-electron chi connectivity index (χ0n) is 7.45. The minimum absolute atomic E-state index is 1.01. The standard InChI is InChI=1S/C7H19N5/c1-2-4-6-8-10-12-11-9-7-5-3-1/h8-12H,1-7H2. The summed E-state index contributed by atoms with van der Waals surface area (Å²) in [7, 11) is 0. The van der Waals surface area contributed by atoms with Crippen LogP contribution in [0.2, 0.25) is 0 Å². The van der Waals surface area contributed by atoms with E-state index in [2.05, 4.69) is 27.5 Å². The Morgan fingerprint density at radius 2 is 1.00 bits per heavy atom. The van der Waals surface area contributed by atoms with Gasteiger partial charge in [-0.25, -0.2) is 10.9 Å². The van der Waals surface area contributed by atoms with E-state index < -0.39 is 0 Å². The second kappa shape index (κ2) is 7.45. The van der Waals surface area contributed by atoms with E-state index in [9.17, 15) is 0 Å². The normalized spacial score (nSPS) is 24.0. The van der Waals surface area contributed by atoms with E-state index in [-0.39, 0.29) is 0 Å². The van der Waals surface area contributed by atoms with Gasteiger partial charge >= 0.3 is 0 Å². The molecule has 12 heavy (non-hydrogen) atoms. The third-order valence-corrected chi connectivity index (χ3v) is 1.91. The highest BCUT2D eigenvalue weighted by molar-refractivity contribution is 4.48. The van der Waals surface area contributed by atoms with Gasteiger partial charge in [0, 0.05) is 13.1 Å². The maximum atomic E-state index is 3.04. The Hall–Kier alpha value is -0.200. The van der Waals surface area contributed by atoms with E-state index >= 15 is 0 Å². The SMILES string of the molecule is C1CCCNNNNNCCC1. The predicted molar refractivity (Wildman–Crippen MR) is 48.5 cm³/mol. The number of hydrazine groups is 4. The summed E-state index contributed by atoms with van der Waals surface area (Å²) in [6, 6.07) is 0. The lowest BCUT2D eigenvalue weighted by Gasteiger charge is -2.12. The van der Waals surface area contributed by atoms with Gasteiger partial charge in [0.15, 0.2) is 0 Å². The summed E-state index contributed by atoms with van der Waals surface area (Å²) in [5.74, 6) is 0. The highest BCUT2D eigenvalue weighted by atomic mass is 15.8. The molecule has 0 unspecified atom stereocenters. The molecular formula is C7H19N5. The van der Waals surface area contributed by atoms with E-state index in [1.165, 1.54) is 32.1 Å². The van der Waals surface area contributed by atoms with Gasteiger partial charge in [-0.15, -0.1) is 0 Å². The Bertz CT molecular complexity index is 54.8.